The van der Waals surface area contributed by atoms with Gasteiger partial charge in [-0.1, -0.05) is 18.9 Å². The average Bonchev–Trinajstić information content (AvgIpc) is 3.65. The predicted octanol–water partition coefficient (Wildman–Crippen LogP) is 4.81. The van der Waals surface area contributed by atoms with Crippen LogP contribution in [0.5, 0.6) is 0 Å². The van der Waals surface area contributed by atoms with Gasteiger partial charge in [0.1, 0.15) is 5.60 Å². The van der Waals surface area contributed by atoms with Gasteiger partial charge in [0.15, 0.2) is 0 Å². The summed E-state index contributed by atoms with van der Waals surface area (Å²) in [5, 5.41) is 0. The number of amides is 1. The first-order chi connectivity index (χ1) is 14.1. The number of hydrogen-bond donors (Lipinski definition) is 0. The van der Waals surface area contributed by atoms with Gasteiger partial charge in [0.2, 0.25) is 0 Å². The predicted molar refractivity (Wildman–Crippen MR) is 118 cm³/mol. The number of carbonyl (C=O) groups is 1. The Labute approximate surface area is 181 Å². The Hall–Kier alpha value is -0.460. The fourth-order valence-electron chi connectivity index (χ4n) is 5.12. The van der Waals surface area contributed by atoms with Gasteiger partial charge < -0.3 is 14.4 Å². The van der Waals surface area contributed by atoms with E-state index in [1.165, 1.54) is 44.5 Å². The van der Waals surface area contributed by atoms with E-state index in [1.807, 2.05) is 23.8 Å². The average molecular weight is 425 g/mol. The van der Waals surface area contributed by atoms with Crippen LogP contribution in [0.2, 0.25) is 0 Å². The minimum atomic E-state index is -0.152. The van der Waals surface area contributed by atoms with Gasteiger partial charge in [0.05, 0.1) is 0 Å². The minimum Gasteiger partial charge on any atom is -0.443 e. The molecule has 4 fully saturated rings. The molecule has 0 bridgehead atoms. The fourth-order valence-corrected chi connectivity index (χ4v) is 5.95. The lowest BCUT2D eigenvalue weighted by Gasteiger charge is -2.32. The molecule has 2 unspecified atom stereocenters. The van der Waals surface area contributed by atoms with Crippen LogP contribution in [0.4, 0.5) is 4.79 Å². The van der Waals surface area contributed by atoms with Crippen molar-refractivity contribution in [2.24, 2.45) is 23.7 Å². The highest BCUT2D eigenvalue weighted by atomic mass is 32.2. The van der Waals surface area contributed by atoms with Crippen molar-refractivity contribution in [1.29, 1.82) is 0 Å². The monoisotopic (exact) mass is 424 g/mol. The van der Waals surface area contributed by atoms with Crippen molar-refractivity contribution >= 4 is 18.0 Å². The molecular weight excluding hydrogens is 384 g/mol. The molecule has 166 valence electrons. The topological polar surface area (TPSA) is 42.0 Å². The first-order valence-corrected chi connectivity index (χ1v) is 12.9. The van der Waals surface area contributed by atoms with Gasteiger partial charge in [-0.05, 0) is 82.0 Å². The summed E-state index contributed by atoms with van der Waals surface area (Å²) in [6, 6.07) is 0. The zero-order chi connectivity index (χ0) is 20.3. The van der Waals surface area contributed by atoms with Gasteiger partial charge in [0.25, 0.3) is 0 Å². The largest absolute Gasteiger partial charge is 0.443 e. The Bertz CT molecular complexity index is 540. The van der Waals surface area contributed by atoms with E-state index < -0.39 is 0 Å². The number of ether oxygens (including phenoxy) is 2. The van der Waals surface area contributed by atoms with Crippen LogP contribution in [0.15, 0.2) is 0 Å². The van der Waals surface area contributed by atoms with E-state index in [-0.39, 0.29) is 11.7 Å². The van der Waals surface area contributed by atoms with Gasteiger partial charge >= 0.3 is 6.09 Å². The maximum Gasteiger partial charge on any atom is 0.410 e. The Morgan fingerprint density at radius 2 is 1.83 bits per heavy atom. The van der Waals surface area contributed by atoms with Crippen molar-refractivity contribution in [3.8, 4) is 0 Å². The van der Waals surface area contributed by atoms with E-state index in [2.05, 4.69) is 11.2 Å². The molecule has 2 saturated carbocycles. The van der Waals surface area contributed by atoms with Crippen molar-refractivity contribution in [3.63, 3.8) is 0 Å². The van der Waals surface area contributed by atoms with Crippen molar-refractivity contribution in [3.05, 3.63) is 0 Å². The lowest BCUT2D eigenvalue weighted by atomic mass is 9.90. The summed E-state index contributed by atoms with van der Waals surface area (Å²) in [6.07, 6.45) is 9.47. The molecule has 6 heteroatoms. The molecule has 5 nitrogen and oxygen atoms in total. The van der Waals surface area contributed by atoms with Crippen molar-refractivity contribution < 1.29 is 14.3 Å². The van der Waals surface area contributed by atoms with Gasteiger partial charge in [-0.3, -0.25) is 4.31 Å². The van der Waals surface area contributed by atoms with Crippen molar-refractivity contribution in [2.75, 3.05) is 45.1 Å². The second kappa shape index (κ2) is 9.78. The maximum absolute atomic E-state index is 12.2. The first-order valence-electron chi connectivity index (χ1n) is 12.0. The second-order valence-corrected chi connectivity index (χ2v) is 11.3. The fraction of sp³-hybridized carbons (Fsp3) is 0.957. The molecule has 0 N–H and O–H groups in total. The van der Waals surface area contributed by atoms with Crippen LogP contribution in [0, 0.1) is 23.7 Å². The van der Waals surface area contributed by atoms with Crippen LogP contribution >= 0.6 is 11.9 Å². The molecule has 0 aromatic rings. The summed E-state index contributed by atoms with van der Waals surface area (Å²) < 4.78 is 14.2. The lowest BCUT2D eigenvalue weighted by molar-refractivity contribution is 0.0469. The zero-order valence-corrected chi connectivity index (χ0v) is 19.3. The van der Waals surface area contributed by atoms with E-state index in [1.54, 1.807) is 0 Å². The maximum atomic E-state index is 12.2. The van der Waals surface area contributed by atoms with Crippen LogP contribution in [0.25, 0.3) is 0 Å². The highest BCUT2D eigenvalue weighted by Gasteiger charge is 2.45. The number of piperidine rings is 2. The summed E-state index contributed by atoms with van der Waals surface area (Å²) in [7, 11) is 0. The van der Waals surface area contributed by atoms with Gasteiger partial charge in [-0.25, -0.2) is 4.79 Å². The van der Waals surface area contributed by atoms with E-state index >= 15 is 0 Å². The molecule has 2 heterocycles. The van der Waals surface area contributed by atoms with Crippen LogP contribution in [-0.4, -0.2) is 66.0 Å². The van der Waals surface area contributed by atoms with Crippen LogP contribution in [0.1, 0.15) is 65.2 Å². The number of carbonyl (C=O) groups excluding carboxylic acids is 1. The highest BCUT2D eigenvalue weighted by Crippen LogP contribution is 2.50. The number of hydrogen-bond acceptors (Lipinski definition) is 5. The standard InChI is InChI=1S/C23H40N2O3S/c1-3-29-25-13-4-18(5-14-25)17-27-15-8-20-16-21(20)19-6-11-24(12-7-19)22(26)28-23(2)9-10-23/h18-21H,3-17H2,1-2H3. The summed E-state index contributed by atoms with van der Waals surface area (Å²) in [4.78, 5) is 14.2. The van der Waals surface area contributed by atoms with Gasteiger partial charge in [0, 0.05) is 45.1 Å². The molecule has 2 aliphatic heterocycles. The summed E-state index contributed by atoms with van der Waals surface area (Å²) in [5.74, 6) is 4.51. The Morgan fingerprint density at radius 1 is 1.10 bits per heavy atom. The van der Waals surface area contributed by atoms with Crippen LogP contribution in [0.3, 0.4) is 0 Å². The number of likely N-dealkylation sites (tertiary alicyclic amines) is 1. The summed E-state index contributed by atoms with van der Waals surface area (Å²) >= 11 is 1.98. The molecule has 4 aliphatic rings. The Morgan fingerprint density at radius 3 is 2.48 bits per heavy atom. The van der Waals surface area contributed by atoms with Crippen LogP contribution < -0.4 is 0 Å². The molecule has 29 heavy (non-hydrogen) atoms. The van der Waals surface area contributed by atoms with Crippen molar-refractivity contribution in [1.82, 2.24) is 9.21 Å². The molecular formula is C23H40N2O3S. The molecule has 2 atom stereocenters. The van der Waals surface area contributed by atoms with Crippen LogP contribution in [-0.2, 0) is 9.47 Å². The van der Waals surface area contributed by atoms with E-state index in [9.17, 15) is 4.79 Å². The lowest BCUT2D eigenvalue weighted by Crippen LogP contribution is -2.40. The van der Waals surface area contributed by atoms with E-state index in [0.717, 1.165) is 75.7 Å². The third-order valence-corrected chi connectivity index (χ3v) is 8.53. The molecule has 0 aromatic carbocycles. The zero-order valence-electron chi connectivity index (χ0n) is 18.4. The Balaban J connectivity index is 1.04. The minimum absolute atomic E-state index is 0.0803. The van der Waals surface area contributed by atoms with E-state index in [0.29, 0.717) is 0 Å². The highest BCUT2D eigenvalue weighted by molar-refractivity contribution is 7.96. The third kappa shape index (κ3) is 6.27. The quantitative estimate of drug-likeness (QED) is 0.392. The molecule has 0 aromatic heterocycles. The molecule has 0 radical (unpaired) electrons. The summed E-state index contributed by atoms with van der Waals surface area (Å²) in [5.41, 5.74) is -0.152. The SMILES string of the molecule is CCSN1CCC(COCCC2CC2C2CCN(C(=O)OC3(C)CC3)CC2)CC1. The molecule has 1 amide bonds. The molecule has 2 aliphatic carbocycles. The smallest absolute Gasteiger partial charge is 0.410 e. The third-order valence-electron chi connectivity index (χ3n) is 7.54. The van der Waals surface area contributed by atoms with Gasteiger partial charge in [-0.15, -0.1) is 0 Å². The van der Waals surface area contributed by atoms with E-state index in [4.69, 9.17) is 9.47 Å². The molecule has 0 spiro atoms. The van der Waals surface area contributed by atoms with Gasteiger partial charge in [-0.2, -0.15) is 0 Å². The second-order valence-electron chi connectivity index (χ2n) is 9.96. The number of nitrogens with zero attached hydrogens (tertiary/aromatic N) is 2. The molecule has 2 saturated heterocycles. The Kier molecular flexibility index (Phi) is 7.34. The normalized spacial score (nSPS) is 30.3. The number of rotatable bonds is 9. The molecule has 4 rings (SSSR count). The first kappa shape index (κ1) is 21.8. The van der Waals surface area contributed by atoms with Crippen molar-refractivity contribution in [2.45, 2.75) is 70.8 Å². The summed E-state index contributed by atoms with van der Waals surface area (Å²) in [6.45, 7) is 10.4.